The van der Waals surface area contributed by atoms with Crippen molar-refractivity contribution in [1.29, 1.82) is 0 Å². The quantitative estimate of drug-likeness (QED) is 0.844. The van der Waals surface area contributed by atoms with E-state index in [1.807, 2.05) is 13.8 Å². The predicted molar refractivity (Wildman–Crippen MR) is 72.0 cm³/mol. The van der Waals surface area contributed by atoms with Crippen LogP contribution in [0.15, 0.2) is 18.2 Å². The van der Waals surface area contributed by atoms with Crippen molar-refractivity contribution >= 4 is 17.3 Å². The van der Waals surface area contributed by atoms with Crippen LogP contribution in [0.2, 0.25) is 5.02 Å². The molecule has 0 aliphatic carbocycles. The normalized spacial score (nSPS) is 13.6. The van der Waals surface area contributed by atoms with Crippen LogP contribution in [-0.2, 0) is 10.9 Å². The molecule has 0 heterocycles. The van der Waals surface area contributed by atoms with Gasteiger partial charge >= 0.3 is 6.18 Å². The molecule has 0 amide bonds. The number of aliphatic hydroxyl groups excluding tert-OH is 1. The van der Waals surface area contributed by atoms with Crippen molar-refractivity contribution in [2.75, 3.05) is 18.5 Å². The monoisotopic (exact) mass is 311 g/mol. The van der Waals surface area contributed by atoms with Crippen LogP contribution in [-0.4, -0.2) is 30.5 Å². The molecule has 1 aromatic rings. The van der Waals surface area contributed by atoms with E-state index in [1.54, 1.807) is 0 Å². The molecule has 0 saturated heterocycles. The molecule has 0 spiro atoms. The van der Waals surface area contributed by atoms with Gasteiger partial charge in [0.25, 0.3) is 0 Å². The maximum atomic E-state index is 12.6. The summed E-state index contributed by atoms with van der Waals surface area (Å²) in [7, 11) is 0. The number of halogens is 4. The molecule has 0 aromatic heterocycles. The topological polar surface area (TPSA) is 41.5 Å². The van der Waals surface area contributed by atoms with Crippen molar-refractivity contribution in [2.24, 2.45) is 0 Å². The fourth-order valence-electron chi connectivity index (χ4n) is 1.45. The van der Waals surface area contributed by atoms with Crippen molar-refractivity contribution in [3.8, 4) is 0 Å². The minimum absolute atomic E-state index is 0.0183. The Hall–Kier alpha value is -0.980. The first kappa shape index (κ1) is 17.1. The average Bonchev–Trinajstić information content (AvgIpc) is 2.32. The Morgan fingerprint density at radius 3 is 2.50 bits per heavy atom. The second-order valence-electron chi connectivity index (χ2n) is 4.64. The number of hydrogen-bond donors (Lipinski definition) is 2. The van der Waals surface area contributed by atoms with E-state index in [4.69, 9.17) is 16.3 Å². The molecule has 0 aliphatic rings. The molecule has 114 valence electrons. The zero-order valence-electron chi connectivity index (χ0n) is 11.2. The van der Waals surface area contributed by atoms with E-state index in [9.17, 15) is 18.3 Å². The van der Waals surface area contributed by atoms with Gasteiger partial charge in [0.05, 0.1) is 24.4 Å². The average molecular weight is 312 g/mol. The summed E-state index contributed by atoms with van der Waals surface area (Å²) in [5.74, 6) is 0. The van der Waals surface area contributed by atoms with Gasteiger partial charge in [0.1, 0.15) is 0 Å². The van der Waals surface area contributed by atoms with Crippen LogP contribution in [0.5, 0.6) is 0 Å². The molecular weight excluding hydrogens is 295 g/mol. The molecule has 3 nitrogen and oxygen atoms in total. The molecule has 1 aromatic carbocycles. The summed E-state index contributed by atoms with van der Waals surface area (Å²) < 4.78 is 43.0. The fraction of sp³-hybridized carbons (Fsp3) is 0.538. The Morgan fingerprint density at radius 2 is 1.95 bits per heavy atom. The summed E-state index contributed by atoms with van der Waals surface area (Å²) in [6.45, 7) is 3.83. The molecule has 0 aliphatic heterocycles. The van der Waals surface area contributed by atoms with E-state index in [2.05, 4.69) is 5.32 Å². The van der Waals surface area contributed by atoms with Crippen molar-refractivity contribution in [1.82, 2.24) is 0 Å². The lowest BCUT2D eigenvalue weighted by molar-refractivity contribution is -0.137. The third-order valence-corrected chi connectivity index (χ3v) is 2.61. The lowest BCUT2D eigenvalue weighted by Gasteiger charge is -2.16. The van der Waals surface area contributed by atoms with E-state index in [0.29, 0.717) is 0 Å². The van der Waals surface area contributed by atoms with Gasteiger partial charge in [0, 0.05) is 17.3 Å². The van der Waals surface area contributed by atoms with Gasteiger partial charge in [-0.15, -0.1) is 0 Å². The predicted octanol–water partition coefficient (Wildman–Crippen LogP) is 3.56. The minimum Gasteiger partial charge on any atom is -0.389 e. The Morgan fingerprint density at radius 1 is 1.30 bits per heavy atom. The smallest absolute Gasteiger partial charge is 0.389 e. The molecule has 0 saturated carbocycles. The van der Waals surface area contributed by atoms with Crippen molar-refractivity contribution < 1.29 is 23.0 Å². The van der Waals surface area contributed by atoms with E-state index in [-0.39, 0.29) is 30.0 Å². The standard InChI is InChI=1S/C13H17ClF3NO2/c1-8(2)20-7-12(19)6-18-11-4-9(13(15,16)17)3-10(14)5-11/h3-5,8,12,18-19H,6-7H2,1-2H3. The highest BCUT2D eigenvalue weighted by atomic mass is 35.5. The number of alkyl halides is 3. The van der Waals surface area contributed by atoms with E-state index >= 15 is 0 Å². The van der Waals surface area contributed by atoms with Crippen molar-refractivity contribution in [3.05, 3.63) is 28.8 Å². The molecule has 7 heteroatoms. The molecule has 0 fully saturated rings. The zero-order chi connectivity index (χ0) is 15.3. The molecule has 20 heavy (non-hydrogen) atoms. The third kappa shape index (κ3) is 5.98. The summed E-state index contributed by atoms with van der Waals surface area (Å²) in [5.41, 5.74) is -0.631. The summed E-state index contributed by atoms with van der Waals surface area (Å²) in [6, 6.07) is 3.17. The Kier molecular flexibility index (Phi) is 6.10. The highest BCUT2D eigenvalue weighted by molar-refractivity contribution is 6.30. The van der Waals surface area contributed by atoms with Crippen LogP contribution in [0, 0.1) is 0 Å². The zero-order valence-corrected chi connectivity index (χ0v) is 11.9. The Bertz CT molecular complexity index is 438. The number of anilines is 1. The van der Waals surface area contributed by atoms with Gasteiger partial charge < -0.3 is 15.2 Å². The summed E-state index contributed by atoms with van der Waals surface area (Å²) in [5, 5.41) is 12.3. The lowest BCUT2D eigenvalue weighted by Crippen LogP contribution is -2.26. The Labute approximate surface area is 120 Å². The lowest BCUT2D eigenvalue weighted by atomic mass is 10.2. The highest BCUT2D eigenvalue weighted by Gasteiger charge is 2.31. The van der Waals surface area contributed by atoms with Gasteiger partial charge in [-0.25, -0.2) is 0 Å². The van der Waals surface area contributed by atoms with Crippen molar-refractivity contribution in [3.63, 3.8) is 0 Å². The van der Waals surface area contributed by atoms with Crippen LogP contribution in [0.1, 0.15) is 19.4 Å². The number of rotatable bonds is 6. The van der Waals surface area contributed by atoms with Crippen molar-refractivity contribution in [2.45, 2.75) is 32.2 Å². The number of ether oxygens (including phenoxy) is 1. The van der Waals surface area contributed by atoms with Crippen LogP contribution in [0.25, 0.3) is 0 Å². The van der Waals surface area contributed by atoms with Gasteiger partial charge in [0.2, 0.25) is 0 Å². The molecule has 1 atom stereocenters. The molecule has 1 unspecified atom stereocenters. The van der Waals surface area contributed by atoms with Gasteiger partial charge in [-0.1, -0.05) is 11.6 Å². The van der Waals surface area contributed by atoms with Gasteiger partial charge in [-0.2, -0.15) is 13.2 Å². The minimum atomic E-state index is -4.46. The van der Waals surface area contributed by atoms with Crippen LogP contribution in [0.3, 0.4) is 0 Å². The van der Waals surface area contributed by atoms with E-state index in [1.165, 1.54) is 6.07 Å². The summed E-state index contributed by atoms with van der Waals surface area (Å²) >= 11 is 5.65. The number of aliphatic hydroxyl groups is 1. The number of hydrogen-bond acceptors (Lipinski definition) is 3. The molecular formula is C13H17ClF3NO2. The van der Waals surface area contributed by atoms with Crippen LogP contribution < -0.4 is 5.32 Å². The second-order valence-corrected chi connectivity index (χ2v) is 5.08. The highest BCUT2D eigenvalue weighted by Crippen LogP contribution is 2.33. The van der Waals surface area contributed by atoms with Gasteiger partial charge in [-0.3, -0.25) is 0 Å². The molecule has 2 N–H and O–H groups in total. The van der Waals surface area contributed by atoms with Gasteiger partial charge in [0.15, 0.2) is 0 Å². The Balaban J connectivity index is 2.62. The molecule has 1 rings (SSSR count). The maximum Gasteiger partial charge on any atom is 0.416 e. The first-order valence-corrected chi connectivity index (χ1v) is 6.47. The second kappa shape index (κ2) is 7.15. The number of nitrogens with one attached hydrogen (secondary N) is 1. The van der Waals surface area contributed by atoms with E-state index in [0.717, 1.165) is 12.1 Å². The fourth-order valence-corrected chi connectivity index (χ4v) is 1.69. The van der Waals surface area contributed by atoms with Crippen LogP contribution in [0.4, 0.5) is 18.9 Å². The van der Waals surface area contributed by atoms with Gasteiger partial charge in [-0.05, 0) is 32.0 Å². The summed E-state index contributed by atoms with van der Waals surface area (Å²) in [4.78, 5) is 0. The third-order valence-electron chi connectivity index (χ3n) is 2.39. The summed E-state index contributed by atoms with van der Waals surface area (Å²) in [6.07, 6.45) is -5.29. The SMILES string of the molecule is CC(C)OCC(O)CNc1cc(Cl)cc(C(F)(F)F)c1. The van der Waals surface area contributed by atoms with Crippen LogP contribution >= 0.6 is 11.6 Å². The van der Waals surface area contributed by atoms with E-state index < -0.39 is 17.8 Å². The molecule has 0 radical (unpaired) electrons. The first-order chi connectivity index (χ1) is 9.18. The first-order valence-electron chi connectivity index (χ1n) is 6.10. The maximum absolute atomic E-state index is 12.6. The number of benzene rings is 1. The largest absolute Gasteiger partial charge is 0.416 e. The molecule has 0 bridgehead atoms.